The lowest BCUT2D eigenvalue weighted by Gasteiger charge is -2.18. The maximum atomic E-state index is 12.5. The van der Waals surface area contributed by atoms with Crippen molar-refractivity contribution in [1.82, 2.24) is 4.31 Å². The van der Waals surface area contributed by atoms with Gasteiger partial charge in [0.2, 0.25) is 10.0 Å². The second kappa shape index (κ2) is 8.51. The average molecular weight is 379 g/mol. The zero-order valence-corrected chi connectivity index (χ0v) is 16.2. The zero-order valence-electron chi connectivity index (χ0n) is 14.5. The van der Waals surface area contributed by atoms with E-state index < -0.39 is 10.0 Å². The summed E-state index contributed by atoms with van der Waals surface area (Å²) in [5, 5.41) is 2.80. The summed E-state index contributed by atoms with van der Waals surface area (Å²) >= 11 is 1.63. The first-order valence-corrected chi connectivity index (χ1v) is 10.6. The molecule has 0 aliphatic carbocycles. The van der Waals surface area contributed by atoms with Gasteiger partial charge in [0.1, 0.15) is 0 Å². The number of amides is 1. The maximum Gasteiger partial charge on any atom is 0.255 e. The molecule has 0 spiro atoms. The summed E-state index contributed by atoms with van der Waals surface area (Å²) in [5.74, 6) is -0.274. The van der Waals surface area contributed by atoms with Gasteiger partial charge in [-0.05, 0) is 54.8 Å². The number of thioether (sulfide) groups is 1. The molecule has 0 saturated carbocycles. The van der Waals surface area contributed by atoms with E-state index in [1.807, 2.05) is 30.5 Å². The molecule has 1 N–H and O–H groups in total. The summed E-state index contributed by atoms with van der Waals surface area (Å²) in [7, 11) is -3.51. The highest BCUT2D eigenvalue weighted by atomic mass is 32.2. The number of hydrogen-bond acceptors (Lipinski definition) is 4. The molecule has 0 fully saturated rings. The highest BCUT2D eigenvalue weighted by Gasteiger charge is 2.21. The van der Waals surface area contributed by atoms with E-state index >= 15 is 0 Å². The molecule has 0 radical (unpaired) electrons. The van der Waals surface area contributed by atoms with E-state index in [-0.39, 0.29) is 10.8 Å². The number of anilines is 1. The number of nitrogens with zero attached hydrogens (tertiary/aromatic N) is 1. The van der Waals surface area contributed by atoms with Crippen LogP contribution in [-0.2, 0) is 10.0 Å². The van der Waals surface area contributed by atoms with Gasteiger partial charge in [0, 0.05) is 29.2 Å². The van der Waals surface area contributed by atoms with Crippen molar-refractivity contribution in [2.75, 3.05) is 24.7 Å². The molecule has 134 valence electrons. The number of rotatable bonds is 7. The minimum Gasteiger partial charge on any atom is -0.322 e. The Labute approximate surface area is 153 Å². The molecule has 25 heavy (non-hydrogen) atoms. The number of carbonyl (C=O) groups excluding carboxylic acids is 1. The predicted octanol–water partition coefficient (Wildman–Crippen LogP) is 3.69. The van der Waals surface area contributed by atoms with Crippen LogP contribution in [0.2, 0.25) is 0 Å². The van der Waals surface area contributed by atoms with Gasteiger partial charge in [-0.25, -0.2) is 8.42 Å². The van der Waals surface area contributed by atoms with Crippen LogP contribution in [-0.4, -0.2) is 38.0 Å². The van der Waals surface area contributed by atoms with Crippen LogP contribution in [0.5, 0.6) is 0 Å². The molecule has 0 aromatic heterocycles. The fourth-order valence-electron chi connectivity index (χ4n) is 2.37. The SMILES string of the molecule is CCN(CC)S(=O)(=O)c1ccc(C(=O)Nc2ccc(SC)cc2)cc1. The van der Waals surface area contributed by atoms with Crippen molar-refractivity contribution in [3.8, 4) is 0 Å². The maximum absolute atomic E-state index is 12.5. The first-order chi connectivity index (χ1) is 11.9. The predicted molar refractivity (Wildman–Crippen MR) is 103 cm³/mol. The zero-order chi connectivity index (χ0) is 18.4. The molecule has 5 nitrogen and oxygen atoms in total. The molecule has 0 unspecified atom stereocenters. The summed E-state index contributed by atoms with van der Waals surface area (Å²) in [6.45, 7) is 4.41. The first-order valence-electron chi connectivity index (χ1n) is 7.98. The lowest BCUT2D eigenvalue weighted by molar-refractivity contribution is 0.102. The van der Waals surface area contributed by atoms with Crippen LogP contribution >= 0.6 is 11.8 Å². The Hall–Kier alpha value is -1.83. The molecular formula is C18H22N2O3S2. The molecule has 2 aromatic carbocycles. The van der Waals surface area contributed by atoms with E-state index in [1.165, 1.54) is 28.6 Å². The van der Waals surface area contributed by atoms with Gasteiger partial charge in [-0.3, -0.25) is 4.79 Å². The van der Waals surface area contributed by atoms with E-state index in [0.717, 1.165) is 4.90 Å². The van der Waals surface area contributed by atoms with Gasteiger partial charge in [-0.2, -0.15) is 4.31 Å². The van der Waals surface area contributed by atoms with Gasteiger partial charge in [0.15, 0.2) is 0 Å². The molecule has 0 heterocycles. The molecule has 0 aliphatic rings. The van der Waals surface area contributed by atoms with Gasteiger partial charge in [-0.1, -0.05) is 13.8 Å². The molecular weight excluding hydrogens is 356 g/mol. The van der Waals surface area contributed by atoms with Crippen molar-refractivity contribution < 1.29 is 13.2 Å². The molecule has 0 saturated heterocycles. The van der Waals surface area contributed by atoms with Gasteiger partial charge < -0.3 is 5.32 Å². The van der Waals surface area contributed by atoms with E-state index in [0.29, 0.717) is 24.3 Å². The fourth-order valence-corrected chi connectivity index (χ4v) is 4.23. The monoisotopic (exact) mass is 378 g/mol. The van der Waals surface area contributed by atoms with Crippen molar-refractivity contribution in [3.63, 3.8) is 0 Å². The minimum atomic E-state index is -3.51. The van der Waals surface area contributed by atoms with E-state index in [9.17, 15) is 13.2 Å². The van der Waals surface area contributed by atoms with Crippen molar-refractivity contribution in [3.05, 3.63) is 54.1 Å². The number of sulfonamides is 1. The van der Waals surface area contributed by atoms with Gasteiger partial charge in [0.25, 0.3) is 5.91 Å². The van der Waals surface area contributed by atoms with Gasteiger partial charge in [-0.15, -0.1) is 11.8 Å². The lowest BCUT2D eigenvalue weighted by atomic mass is 10.2. The molecule has 1 amide bonds. The van der Waals surface area contributed by atoms with Crippen LogP contribution in [0.4, 0.5) is 5.69 Å². The highest BCUT2D eigenvalue weighted by Crippen LogP contribution is 2.19. The summed E-state index contributed by atoms with van der Waals surface area (Å²) in [5.41, 5.74) is 1.11. The van der Waals surface area contributed by atoms with Gasteiger partial charge in [0.05, 0.1) is 4.90 Å². The third kappa shape index (κ3) is 4.62. The van der Waals surface area contributed by atoms with Crippen LogP contribution < -0.4 is 5.32 Å². The smallest absolute Gasteiger partial charge is 0.255 e. The summed E-state index contributed by atoms with van der Waals surface area (Å²) in [4.78, 5) is 13.6. The Bertz CT molecular complexity index is 812. The Balaban J connectivity index is 2.14. The van der Waals surface area contributed by atoms with Crippen LogP contribution in [0.15, 0.2) is 58.3 Å². The first kappa shape index (κ1) is 19.5. The van der Waals surface area contributed by atoms with Crippen LogP contribution in [0.25, 0.3) is 0 Å². The number of hydrogen-bond donors (Lipinski definition) is 1. The number of benzene rings is 2. The van der Waals surface area contributed by atoms with E-state index in [2.05, 4.69) is 5.32 Å². The third-order valence-electron chi connectivity index (χ3n) is 3.81. The molecule has 2 rings (SSSR count). The highest BCUT2D eigenvalue weighted by molar-refractivity contribution is 7.98. The Morgan fingerprint density at radius 2 is 1.56 bits per heavy atom. The minimum absolute atomic E-state index is 0.192. The van der Waals surface area contributed by atoms with Crippen molar-refractivity contribution in [1.29, 1.82) is 0 Å². The van der Waals surface area contributed by atoms with E-state index in [4.69, 9.17) is 0 Å². The largest absolute Gasteiger partial charge is 0.322 e. The lowest BCUT2D eigenvalue weighted by Crippen LogP contribution is -2.30. The van der Waals surface area contributed by atoms with Crippen molar-refractivity contribution in [2.45, 2.75) is 23.6 Å². The summed E-state index contributed by atoms with van der Waals surface area (Å²) in [6.07, 6.45) is 1.99. The molecule has 0 atom stereocenters. The molecule has 7 heteroatoms. The molecule has 0 bridgehead atoms. The molecule has 2 aromatic rings. The fraction of sp³-hybridized carbons (Fsp3) is 0.278. The van der Waals surface area contributed by atoms with Crippen molar-refractivity contribution in [2.24, 2.45) is 0 Å². The quantitative estimate of drug-likeness (QED) is 0.746. The van der Waals surface area contributed by atoms with Gasteiger partial charge >= 0.3 is 0 Å². The van der Waals surface area contributed by atoms with Crippen molar-refractivity contribution >= 4 is 33.4 Å². The van der Waals surface area contributed by atoms with Crippen LogP contribution in [0.3, 0.4) is 0 Å². The number of carbonyl (C=O) groups is 1. The standard InChI is InChI=1S/C18H22N2O3S2/c1-4-20(5-2)25(22,23)17-12-6-14(7-13-17)18(21)19-15-8-10-16(24-3)11-9-15/h6-13H,4-5H2,1-3H3,(H,19,21). The average Bonchev–Trinajstić information content (AvgIpc) is 2.63. The van der Waals surface area contributed by atoms with E-state index in [1.54, 1.807) is 25.6 Å². The van der Waals surface area contributed by atoms with Crippen LogP contribution in [0, 0.1) is 0 Å². The second-order valence-electron chi connectivity index (χ2n) is 5.30. The number of nitrogens with one attached hydrogen (secondary N) is 1. The Morgan fingerprint density at radius 1 is 1.00 bits per heavy atom. The van der Waals surface area contributed by atoms with Crippen LogP contribution in [0.1, 0.15) is 24.2 Å². The third-order valence-corrected chi connectivity index (χ3v) is 6.62. The second-order valence-corrected chi connectivity index (χ2v) is 8.11. The Kier molecular flexibility index (Phi) is 6.64. The normalized spacial score (nSPS) is 11.5. The summed E-state index contributed by atoms with van der Waals surface area (Å²) in [6, 6.07) is 13.5. The topological polar surface area (TPSA) is 66.5 Å². The summed E-state index contributed by atoms with van der Waals surface area (Å²) < 4.78 is 26.3. The molecule has 0 aliphatic heterocycles. The Morgan fingerprint density at radius 3 is 2.04 bits per heavy atom.